The number of rotatable bonds is 6. The molecule has 0 aliphatic carbocycles. The molecular weight excluding hydrogens is 246 g/mol. The van der Waals surface area contributed by atoms with E-state index in [2.05, 4.69) is 0 Å². The van der Waals surface area contributed by atoms with Gasteiger partial charge in [0.25, 0.3) is 0 Å². The second-order valence-electron chi connectivity index (χ2n) is 4.43. The summed E-state index contributed by atoms with van der Waals surface area (Å²) >= 11 is 1.67. The Morgan fingerprint density at radius 2 is 2.11 bits per heavy atom. The Kier molecular flexibility index (Phi) is 4.42. The van der Waals surface area contributed by atoms with Crippen LogP contribution in [0.1, 0.15) is 18.4 Å². The van der Waals surface area contributed by atoms with Crippen LogP contribution in [0.15, 0.2) is 30.3 Å². The molecule has 0 radical (unpaired) electrons. The highest BCUT2D eigenvalue weighted by atomic mass is 32.2. The Balaban J connectivity index is 1.77. The van der Waals surface area contributed by atoms with Gasteiger partial charge in [0.05, 0.1) is 11.8 Å². The molecule has 1 saturated heterocycles. The van der Waals surface area contributed by atoms with Crippen LogP contribution >= 0.6 is 11.8 Å². The van der Waals surface area contributed by atoms with Gasteiger partial charge in [-0.2, -0.15) is 0 Å². The van der Waals surface area contributed by atoms with Crippen LogP contribution in [0, 0.1) is 0 Å². The maximum atomic E-state index is 11.8. The van der Waals surface area contributed by atoms with Crippen molar-refractivity contribution in [3.8, 4) is 0 Å². The van der Waals surface area contributed by atoms with Crippen molar-refractivity contribution in [3.05, 3.63) is 35.9 Å². The molecule has 0 spiro atoms. The van der Waals surface area contributed by atoms with Crippen molar-refractivity contribution in [1.29, 1.82) is 0 Å². The summed E-state index contributed by atoms with van der Waals surface area (Å²) in [5.74, 6) is 0.364. The van der Waals surface area contributed by atoms with E-state index in [1.807, 2.05) is 36.6 Å². The van der Waals surface area contributed by atoms with E-state index in [-0.39, 0.29) is 17.1 Å². The van der Waals surface area contributed by atoms with Crippen LogP contribution in [-0.4, -0.2) is 34.8 Å². The van der Waals surface area contributed by atoms with Crippen molar-refractivity contribution in [2.75, 3.05) is 12.8 Å². The Labute approximate surface area is 112 Å². The van der Waals surface area contributed by atoms with Crippen LogP contribution in [0.2, 0.25) is 0 Å². The second kappa shape index (κ2) is 6.05. The van der Waals surface area contributed by atoms with Crippen molar-refractivity contribution in [2.24, 2.45) is 0 Å². The standard InChI is InChI=1S/C14H17NO2S/c1-18-14-10-13(17)15(14)8-7-12(16)9-11-5-3-2-4-6-11/h2-6,14H,7-10H2,1H3. The lowest BCUT2D eigenvalue weighted by Gasteiger charge is -2.39. The van der Waals surface area contributed by atoms with Crippen LogP contribution in [-0.2, 0) is 16.0 Å². The highest BCUT2D eigenvalue weighted by Gasteiger charge is 2.34. The van der Waals surface area contributed by atoms with E-state index in [9.17, 15) is 9.59 Å². The fourth-order valence-electron chi connectivity index (χ4n) is 2.06. The monoisotopic (exact) mass is 263 g/mol. The number of hydrogen-bond acceptors (Lipinski definition) is 3. The number of carbonyl (C=O) groups is 2. The van der Waals surface area contributed by atoms with Gasteiger partial charge >= 0.3 is 0 Å². The number of nitrogens with zero attached hydrogens (tertiary/aromatic N) is 1. The molecule has 1 aromatic carbocycles. The maximum Gasteiger partial charge on any atom is 0.226 e. The van der Waals surface area contributed by atoms with Gasteiger partial charge in [0.15, 0.2) is 0 Å². The fourth-order valence-corrected chi connectivity index (χ4v) is 2.85. The summed E-state index contributed by atoms with van der Waals surface area (Å²) in [7, 11) is 0. The molecule has 1 unspecified atom stereocenters. The molecule has 1 fully saturated rings. The largest absolute Gasteiger partial charge is 0.330 e. The van der Waals surface area contributed by atoms with Gasteiger partial charge in [0.1, 0.15) is 5.78 Å². The molecule has 2 rings (SSSR count). The van der Waals surface area contributed by atoms with E-state index in [0.717, 1.165) is 5.56 Å². The maximum absolute atomic E-state index is 11.8. The van der Waals surface area contributed by atoms with Gasteiger partial charge in [-0.05, 0) is 11.8 Å². The number of benzene rings is 1. The third kappa shape index (κ3) is 3.13. The summed E-state index contributed by atoms with van der Waals surface area (Å²) < 4.78 is 0. The summed E-state index contributed by atoms with van der Waals surface area (Å²) in [6, 6.07) is 9.72. The summed E-state index contributed by atoms with van der Waals surface area (Å²) in [4.78, 5) is 25.0. The predicted octanol–water partition coefficient (Wildman–Crippen LogP) is 2.11. The quantitative estimate of drug-likeness (QED) is 0.738. The molecule has 18 heavy (non-hydrogen) atoms. The van der Waals surface area contributed by atoms with Crippen molar-refractivity contribution in [3.63, 3.8) is 0 Å². The molecule has 1 aromatic rings. The normalized spacial score (nSPS) is 18.6. The van der Waals surface area contributed by atoms with E-state index >= 15 is 0 Å². The molecule has 1 heterocycles. The number of likely N-dealkylation sites (tertiary alicyclic amines) is 1. The smallest absolute Gasteiger partial charge is 0.226 e. The Morgan fingerprint density at radius 1 is 1.39 bits per heavy atom. The number of carbonyl (C=O) groups excluding carboxylic acids is 2. The Morgan fingerprint density at radius 3 is 2.72 bits per heavy atom. The second-order valence-corrected chi connectivity index (χ2v) is 5.45. The van der Waals surface area contributed by atoms with Gasteiger partial charge in [-0.3, -0.25) is 9.59 Å². The molecule has 1 aliphatic rings. The van der Waals surface area contributed by atoms with Gasteiger partial charge in [-0.1, -0.05) is 30.3 Å². The average Bonchev–Trinajstić information content (AvgIpc) is 2.37. The van der Waals surface area contributed by atoms with E-state index in [0.29, 0.717) is 25.8 Å². The number of hydrogen-bond donors (Lipinski definition) is 0. The highest BCUT2D eigenvalue weighted by Crippen LogP contribution is 2.27. The zero-order chi connectivity index (χ0) is 13.0. The summed E-state index contributed by atoms with van der Waals surface area (Å²) in [6.07, 6.45) is 3.54. The first-order valence-corrected chi connectivity index (χ1v) is 7.37. The summed E-state index contributed by atoms with van der Waals surface area (Å²) in [5.41, 5.74) is 1.04. The molecule has 3 nitrogen and oxygen atoms in total. The fraction of sp³-hybridized carbons (Fsp3) is 0.429. The molecule has 1 amide bonds. The Bertz CT molecular complexity index is 433. The van der Waals surface area contributed by atoms with Crippen LogP contribution in [0.3, 0.4) is 0 Å². The zero-order valence-electron chi connectivity index (χ0n) is 10.5. The number of thioether (sulfide) groups is 1. The first kappa shape index (κ1) is 13.1. The van der Waals surface area contributed by atoms with E-state index in [1.54, 1.807) is 16.7 Å². The van der Waals surface area contributed by atoms with Gasteiger partial charge in [-0.15, -0.1) is 11.8 Å². The minimum absolute atomic E-state index is 0.168. The summed E-state index contributed by atoms with van der Waals surface area (Å²) in [5, 5.41) is 0.280. The number of β-lactam (4-membered cyclic amide) rings is 1. The third-order valence-corrected chi connectivity index (χ3v) is 4.13. The van der Waals surface area contributed by atoms with Gasteiger partial charge < -0.3 is 4.90 Å². The lowest BCUT2D eigenvalue weighted by molar-refractivity contribution is -0.141. The average molecular weight is 263 g/mol. The van der Waals surface area contributed by atoms with Crippen molar-refractivity contribution < 1.29 is 9.59 Å². The molecule has 1 atom stereocenters. The minimum Gasteiger partial charge on any atom is -0.330 e. The van der Waals surface area contributed by atoms with Crippen LogP contribution in [0.4, 0.5) is 0 Å². The lowest BCUT2D eigenvalue weighted by Crippen LogP contribution is -2.51. The minimum atomic E-state index is 0.168. The predicted molar refractivity (Wildman–Crippen MR) is 73.4 cm³/mol. The topological polar surface area (TPSA) is 37.4 Å². The number of ketones is 1. The molecule has 0 aromatic heterocycles. The molecule has 0 N–H and O–H groups in total. The first-order chi connectivity index (χ1) is 8.70. The molecule has 4 heteroatoms. The third-order valence-electron chi connectivity index (χ3n) is 3.16. The first-order valence-electron chi connectivity index (χ1n) is 6.08. The number of Topliss-reactive ketones (excluding diaryl/α,β-unsaturated/α-hetero) is 1. The summed E-state index contributed by atoms with van der Waals surface area (Å²) in [6.45, 7) is 0.565. The zero-order valence-corrected chi connectivity index (χ0v) is 11.3. The molecular formula is C14H17NO2S. The molecule has 0 saturated carbocycles. The van der Waals surface area contributed by atoms with E-state index in [4.69, 9.17) is 0 Å². The van der Waals surface area contributed by atoms with Crippen LogP contribution in [0.5, 0.6) is 0 Å². The van der Waals surface area contributed by atoms with Gasteiger partial charge in [0, 0.05) is 19.4 Å². The van der Waals surface area contributed by atoms with Gasteiger partial charge in [-0.25, -0.2) is 0 Å². The van der Waals surface area contributed by atoms with Crippen LogP contribution in [0.25, 0.3) is 0 Å². The highest BCUT2D eigenvalue weighted by molar-refractivity contribution is 7.99. The van der Waals surface area contributed by atoms with Crippen molar-refractivity contribution in [1.82, 2.24) is 4.90 Å². The Hall–Kier alpha value is -1.29. The van der Waals surface area contributed by atoms with Crippen molar-refractivity contribution in [2.45, 2.75) is 24.6 Å². The van der Waals surface area contributed by atoms with E-state index in [1.165, 1.54) is 0 Å². The van der Waals surface area contributed by atoms with Crippen molar-refractivity contribution >= 4 is 23.5 Å². The van der Waals surface area contributed by atoms with Crippen LogP contribution < -0.4 is 0 Å². The van der Waals surface area contributed by atoms with E-state index < -0.39 is 0 Å². The number of amides is 1. The molecule has 96 valence electrons. The SMILES string of the molecule is CSC1CC(=O)N1CCC(=O)Cc1ccccc1. The lowest BCUT2D eigenvalue weighted by atomic mass is 10.1. The molecule has 1 aliphatic heterocycles. The van der Waals surface area contributed by atoms with Gasteiger partial charge in [0.2, 0.25) is 5.91 Å². The molecule has 0 bridgehead atoms.